The van der Waals surface area contributed by atoms with Crippen LogP contribution in [-0.2, 0) is 9.53 Å². The topological polar surface area (TPSA) is 62.1 Å². The van der Waals surface area contributed by atoms with Crippen LogP contribution in [-0.4, -0.2) is 25.2 Å². The van der Waals surface area contributed by atoms with Crippen LogP contribution in [0.2, 0.25) is 0 Å². The first-order valence-corrected chi connectivity index (χ1v) is 6.35. The predicted molar refractivity (Wildman–Crippen MR) is 72.2 cm³/mol. The molecule has 1 heterocycles. The zero-order valence-electron chi connectivity index (χ0n) is 10.6. The van der Waals surface area contributed by atoms with Crippen LogP contribution >= 0.6 is 0 Å². The number of rotatable bonds is 4. The first kappa shape index (κ1) is 13.3. The molecule has 1 fully saturated rings. The fraction of sp³-hybridized carbons (Fsp3) is 0.333. The second-order valence-corrected chi connectivity index (χ2v) is 4.45. The second-order valence-electron chi connectivity index (χ2n) is 4.45. The summed E-state index contributed by atoms with van der Waals surface area (Å²) in [4.78, 5) is 11.6. The Morgan fingerprint density at radius 1 is 1.58 bits per heavy atom. The Hall–Kier alpha value is -2.12. The fourth-order valence-electron chi connectivity index (χ4n) is 1.96. The van der Waals surface area contributed by atoms with Crippen molar-refractivity contribution in [1.29, 1.82) is 5.26 Å². The van der Waals surface area contributed by atoms with E-state index in [4.69, 9.17) is 10.00 Å². The Labute approximate surface area is 112 Å². The third-order valence-corrected chi connectivity index (χ3v) is 2.97. The average Bonchev–Trinajstić information content (AvgIpc) is 2.96. The molecule has 1 aromatic rings. The number of hydrogen-bond donors (Lipinski definition) is 1. The van der Waals surface area contributed by atoms with Crippen molar-refractivity contribution in [2.75, 3.05) is 13.2 Å². The lowest BCUT2D eigenvalue weighted by molar-refractivity contribution is -0.116. The van der Waals surface area contributed by atoms with Gasteiger partial charge in [-0.15, -0.1) is 0 Å². The maximum absolute atomic E-state index is 11.6. The third-order valence-electron chi connectivity index (χ3n) is 2.97. The number of carbonyl (C=O) groups is 1. The average molecular weight is 256 g/mol. The van der Waals surface area contributed by atoms with Crippen LogP contribution in [0.1, 0.15) is 24.0 Å². The molecule has 1 aliphatic rings. The Bertz CT molecular complexity index is 511. The summed E-state index contributed by atoms with van der Waals surface area (Å²) in [6.07, 6.45) is 5.40. The zero-order chi connectivity index (χ0) is 13.5. The van der Waals surface area contributed by atoms with Gasteiger partial charge >= 0.3 is 0 Å². The van der Waals surface area contributed by atoms with E-state index >= 15 is 0 Å². The highest BCUT2D eigenvalue weighted by atomic mass is 16.5. The lowest BCUT2D eigenvalue weighted by Gasteiger charge is -2.08. The summed E-state index contributed by atoms with van der Waals surface area (Å²) in [5.41, 5.74) is 1.42. The van der Waals surface area contributed by atoms with Crippen LogP contribution in [0.4, 0.5) is 0 Å². The monoisotopic (exact) mass is 256 g/mol. The predicted octanol–water partition coefficient (Wildman–Crippen LogP) is 1.87. The van der Waals surface area contributed by atoms with Gasteiger partial charge in [0.2, 0.25) is 5.91 Å². The lowest BCUT2D eigenvalue weighted by Crippen LogP contribution is -2.30. The molecule has 1 aliphatic heterocycles. The van der Waals surface area contributed by atoms with Crippen molar-refractivity contribution in [3.63, 3.8) is 0 Å². The van der Waals surface area contributed by atoms with E-state index in [1.165, 1.54) is 6.08 Å². The number of nitriles is 1. The molecule has 1 amide bonds. The molecule has 4 nitrogen and oxygen atoms in total. The van der Waals surface area contributed by atoms with Crippen LogP contribution in [0.25, 0.3) is 6.08 Å². The van der Waals surface area contributed by atoms with Gasteiger partial charge in [-0.25, -0.2) is 0 Å². The molecular formula is C15H16N2O2. The van der Waals surface area contributed by atoms with E-state index in [2.05, 4.69) is 11.4 Å². The van der Waals surface area contributed by atoms with Gasteiger partial charge in [0, 0.05) is 19.2 Å². The Morgan fingerprint density at radius 3 is 3.21 bits per heavy atom. The summed E-state index contributed by atoms with van der Waals surface area (Å²) in [6.45, 7) is 1.35. The van der Waals surface area contributed by atoms with Crippen molar-refractivity contribution in [3.05, 3.63) is 41.5 Å². The molecule has 1 unspecified atom stereocenters. The van der Waals surface area contributed by atoms with E-state index < -0.39 is 0 Å². The zero-order valence-corrected chi connectivity index (χ0v) is 10.6. The van der Waals surface area contributed by atoms with Crippen LogP contribution < -0.4 is 5.32 Å². The molecule has 0 saturated carbocycles. The van der Waals surface area contributed by atoms with Crippen molar-refractivity contribution in [2.45, 2.75) is 18.9 Å². The quantitative estimate of drug-likeness (QED) is 0.836. The molecule has 4 heteroatoms. The third kappa shape index (κ3) is 4.23. The van der Waals surface area contributed by atoms with Gasteiger partial charge in [0.25, 0.3) is 0 Å². The molecule has 1 saturated heterocycles. The number of hydrogen-bond acceptors (Lipinski definition) is 3. The maximum atomic E-state index is 11.6. The smallest absolute Gasteiger partial charge is 0.244 e. The summed E-state index contributed by atoms with van der Waals surface area (Å²) < 4.78 is 5.42. The largest absolute Gasteiger partial charge is 0.376 e. The van der Waals surface area contributed by atoms with Crippen molar-refractivity contribution in [1.82, 2.24) is 5.32 Å². The molecule has 0 radical (unpaired) electrons. The minimum absolute atomic E-state index is 0.141. The van der Waals surface area contributed by atoms with Crippen LogP contribution in [0.3, 0.4) is 0 Å². The van der Waals surface area contributed by atoms with Crippen LogP contribution in [0.15, 0.2) is 30.3 Å². The van der Waals surface area contributed by atoms with Gasteiger partial charge in [-0.05, 0) is 36.6 Å². The van der Waals surface area contributed by atoms with Gasteiger partial charge in [0.1, 0.15) is 0 Å². The summed E-state index contributed by atoms with van der Waals surface area (Å²) in [5.74, 6) is -0.141. The summed E-state index contributed by atoms with van der Waals surface area (Å²) in [6, 6.07) is 9.18. The number of amides is 1. The van der Waals surface area contributed by atoms with Gasteiger partial charge < -0.3 is 10.1 Å². The number of carbonyl (C=O) groups excluding carboxylic acids is 1. The minimum atomic E-state index is -0.141. The van der Waals surface area contributed by atoms with E-state index in [1.54, 1.807) is 24.3 Å². The van der Waals surface area contributed by atoms with Gasteiger partial charge in [0.15, 0.2) is 0 Å². The van der Waals surface area contributed by atoms with Crippen LogP contribution in [0, 0.1) is 11.3 Å². The van der Waals surface area contributed by atoms with Gasteiger partial charge in [0.05, 0.1) is 17.7 Å². The first-order chi connectivity index (χ1) is 9.28. The highest BCUT2D eigenvalue weighted by Crippen LogP contribution is 2.10. The molecule has 1 aromatic carbocycles. The van der Waals surface area contributed by atoms with Crippen LogP contribution in [0.5, 0.6) is 0 Å². The van der Waals surface area contributed by atoms with Gasteiger partial charge in [-0.1, -0.05) is 12.1 Å². The van der Waals surface area contributed by atoms with E-state index in [1.807, 2.05) is 6.07 Å². The summed E-state index contributed by atoms with van der Waals surface area (Å²) >= 11 is 0. The lowest BCUT2D eigenvalue weighted by atomic mass is 10.1. The molecule has 19 heavy (non-hydrogen) atoms. The Balaban J connectivity index is 1.83. The molecule has 98 valence electrons. The minimum Gasteiger partial charge on any atom is -0.376 e. The maximum Gasteiger partial charge on any atom is 0.244 e. The number of nitrogens with one attached hydrogen (secondary N) is 1. The fourth-order valence-corrected chi connectivity index (χ4v) is 1.96. The number of benzene rings is 1. The molecule has 0 spiro atoms. The van der Waals surface area contributed by atoms with E-state index in [0.717, 1.165) is 25.0 Å². The molecule has 1 atom stereocenters. The highest BCUT2D eigenvalue weighted by Gasteiger charge is 2.15. The first-order valence-electron chi connectivity index (χ1n) is 6.35. The van der Waals surface area contributed by atoms with Crippen molar-refractivity contribution in [2.24, 2.45) is 0 Å². The van der Waals surface area contributed by atoms with Crippen molar-refractivity contribution >= 4 is 12.0 Å². The van der Waals surface area contributed by atoms with Gasteiger partial charge in [-0.2, -0.15) is 5.26 Å². The van der Waals surface area contributed by atoms with E-state index in [-0.39, 0.29) is 12.0 Å². The molecule has 0 aliphatic carbocycles. The SMILES string of the molecule is N#Cc1cccc(/C=C/C(=O)NCC2CCCO2)c1. The van der Waals surface area contributed by atoms with Gasteiger partial charge in [-0.3, -0.25) is 4.79 Å². The van der Waals surface area contributed by atoms with Crippen molar-refractivity contribution in [3.8, 4) is 6.07 Å². The molecule has 0 aromatic heterocycles. The standard InChI is InChI=1S/C15H16N2O2/c16-10-13-4-1-3-12(9-13)6-7-15(18)17-11-14-5-2-8-19-14/h1,3-4,6-7,9,14H,2,5,8,11H2,(H,17,18)/b7-6+. The number of ether oxygens (including phenoxy) is 1. The summed E-state index contributed by atoms with van der Waals surface area (Å²) in [7, 11) is 0. The molecule has 1 N–H and O–H groups in total. The molecule has 2 rings (SSSR count). The number of nitrogens with zero attached hydrogens (tertiary/aromatic N) is 1. The van der Waals surface area contributed by atoms with Crippen molar-refractivity contribution < 1.29 is 9.53 Å². The molecular weight excluding hydrogens is 240 g/mol. The highest BCUT2D eigenvalue weighted by molar-refractivity contribution is 5.91. The second kappa shape index (κ2) is 6.72. The Kier molecular flexibility index (Phi) is 4.71. The van der Waals surface area contributed by atoms with E-state index in [9.17, 15) is 4.79 Å². The summed E-state index contributed by atoms with van der Waals surface area (Å²) in [5, 5.41) is 11.6. The normalized spacial score (nSPS) is 18.4. The molecule has 0 bridgehead atoms. The Morgan fingerprint density at radius 2 is 2.47 bits per heavy atom. The van der Waals surface area contributed by atoms with E-state index in [0.29, 0.717) is 12.1 Å².